The van der Waals surface area contributed by atoms with E-state index in [0.29, 0.717) is 0 Å². The van der Waals surface area contributed by atoms with Crippen LogP contribution in [0.15, 0.2) is 23.4 Å². The molecule has 0 unspecified atom stereocenters. The lowest BCUT2D eigenvalue weighted by Crippen LogP contribution is -2.04. The Morgan fingerprint density at radius 2 is 1.91 bits per heavy atom. The van der Waals surface area contributed by atoms with E-state index in [1.165, 1.54) is 0 Å². The fourth-order valence-electron chi connectivity index (χ4n) is 0.548. The van der Waals surface area contributed by atoms with E-state index in [2.05, 4.69) is 17.6 Å². The summed E-state index contributed by atoms with van der Waals surface area (Å²) in [5.74, 6) is 0. The second-order valence-electron chi connectivity index (χ2n) is 1.88. The minimum absolute atomic E-state index is 0.165. The van der Waals surface area contributed by atoms with Gasteiger partial charge in [-0.1, -0.05) is 12.6 Å². The van der Waals surface area contributed by atoms with Gasteiger partial charge in [-0.2, -0.15) is 13.2 Å². The number of halogens is 3. The van der Waals surface area contributed by atoms with Crippen LogP contribution < -0.4 is 0 Å². The van der Waals surface area contributed by atoms with E-state index in [1.54, 1.807) is 0 Å². The van der Waals surface area contributed by atoms with E-state index in [0.717, 1.165) is 18.3 Å². The molecule has 1 heterocycles. The van der Waals surface area contributed by atoms with E-state index in [4.69, 9.17) is 0 Å². The van der Waals surface area contributed by atoms with Crippen LogP contribution in [-0.4, -0.2) is 4.98 Å². The highest BCUT2D eigenvalue weighted by molar-refractivity contribution is 7.80. The Morgan fingerprint density at radius 3 is 2.27 bits per heavy atom. The van der Waals surface area contributed by atoms with Gasteiger partial charge < -0.3 is 0 Å². The molecule has 0 fully saturated rings. The van der Waals surface area contributed by atoms with Gasteiger partial charge in [0.1, 0.15) is 5.03 Å². The second kappa shape index (κ2) is 2.65. The fraction of sp³-hybridized carbons (Fsp3) is 0.167. The molecule has 5 heteroatoms. The van der Waals surface area contributed by atoms with Gasteiger partial charge in [-0.15, -0.1) is 0 Å². The summed E-state index contributed by atoms with van der Waals surface area (Å²) in [6, 6.07) is 2.06. The summed E-state index contributed by atoms with van der Waals surface area (Å²) in [4.78, 5) is 3.34. The lowest BCUT2D eigenvalue weighted by molar-refractivity contribution is -0.137. The van der Waals surface area contributed by atoms with Gasteiger partial charge in [0.05, 0.1) is 5.56 Å². The molecule has 0 N–H and O–H groups in total. The van der Waals surface area contributed by atoms with Crippen molar-refractivity contribution in [3.8, 4) is 0 Å². The van der Waals surface area contributed by atoms with Crippen LogP contribution in [0.5, 0.6) is 0 Å². The molecule has 1 nitrogen and oxygen atoms in total. The lowest BCUT2D eigenvalue weighted by atomic mass is 10.3. The zero-order valence-electron chi connectivity index (χ0n) is 5.22. The first-order chi connectivity index (χ1) is 5.00. The summed E-state index contributed by atoms with van der Waals surface area (Å²) in [5.41, 5.74) is -0.772. The van der Waals surface area contributed by atoms with E-state index in [9.17, 15) is 13.2 Å². The molecule has 0 aromatic carbocycles. The predicted octanol–water partition coefficient (Wildman–Crippen LogP) is 2.66. The van der Waals surface area contributed by atoms with Crippen LogP contribution in [0.25, 0.3) is 0 Å². The van der Waals surface area contributed by atoms with Crippen molar-refractivity contribution in [3.05, 3.63) is 23.9 Å². The molecule has 0 aliphatic rings. The van der Waals surface area contributed by atoms with Gasteiger partial charge in [-0.25, -0.2) is 4.98 Å². The molecule has 0 saturated heterocycles. The lowest BCUT2D eigenvalue weighted by Gasteiger charge is -2.04. The zero-order chi connectivity index (χ0) is 8.48. The average Bonchev–Trinajstić information content (AvgIpc) is 1.86. The van der Waals surface area contributed by atoms with Crippen molar-refractivity contribution in [2.75, 3.05) is 0 Å². The van der Waals surface area contributed by atoms with Crippen LogP contribution in [0.1, 0.15) is 5.56 Å². The minimum Gasteiger partial charge on any atom is -0.245 e. The molecule has 1 radical (unpaired) electrons. The molecule has 0 aliphatic carbocycles. The molecule has 0 aliphatic heterocycles. The molecule has 1 aromatic heterocycles. The van der Waals surface area contributed by atoms with Crippen LogP contribution >= 0.6 is 12.6 Å². The van der Waals surface area contributed by atoms with E-state index in [1.807, 2.05) is 0 Å². The summed E-state index contributed by atoms with van der Waals surface area (Å²) < 4.78 is 35.5. The average molecular weight is 178 g/mol. The Labute approximate surface area is 66.7 Å². The van der Waals surface area contributed by atoms with Gasteiger partial charge >= 0.3 is 6.18 Å². The Balaban J connectivity index is 2.99. The molecule has 1 aromatic rings. The first-order valence-corrected chi connectivity index (χ1v) is 3.11. The van der Waals surface area contributed by atoms with Crippen molar-refractivity contribution < 1.29 is 13.2 Å². The Morgan fingerprint density at radius 1 is 1.27 bits per heavy atom. The van der Waals surface area contributed by atoms with Crippen LogP contribution in [0.3, 0.4) is 0 Å². The SMILES string of the molecule is FC(F)(F)c1ccc([S])nc1. The number of hydrogen-bond donors (Lipinski definition) is 0. The standard InChI is InChI=1S/C6H3F3NS/c7-6(8,9)4-1-2-5(11)10-3-4/h1-3H. The summed E-state index contributed by atoms with van der Waals surface area (Å²) in [5, 5.41) is 0.165. The van der Waals surface area contributed by atoms with Crippen LogP contribution in [0.2, 0.25) is 0 Å². The molecule has 59 valence electrons. The maximum absolute atomic E-state index is 11.8. The van der Waals surface area contributed by atoms with Crippen molar-refractivity contribution in [1.29, 1.82) is 0 Å². The van der Waals surface area contributed by atoms with Crippen molar-refractivity contribution in [2.24, 2.45) is 0 Å². The first-order valence-electron chi connectivity index (χ1n) is 2.70. The van der Waals surface area contributed by atoms with Crippen molar-refractivity contribution in [3.63, 3.8) is 0 Å². The smallest absolute Gasteiger partial charge is 0.245 e. The van der Waals surface area contributed by atoms with Gasteiger partial charge in [0.2, 0.25) is 0 Å². The predicted molar refractivity (Wildman–Crippen MR) is 35.1 cm³/mol. The Bertz CT molecular complexity index is 241. The van der Waals surface area contributed by atoms with E-state index in [-0.39, 0.29) is 5.03 Å². The maximum Gasteiger partial charge on any atom is 0.417 e. The van der Waals surface area contributed by atoms with Gasteiger partial charge in [-0.05, 0) is 12.1 Å². The van der Waals surface area contributed by atoms with Gasteiger partial charge in [0, 0.05) is 6.20 Å². The van der Waals surface area contributed by atoms with Crippen LogP contribution in [0.4, 0.5) is 13.2 Å². The summed E-state index contributed by atoms with van der Waals surface area (Å²) in [7, 11) is 0. The molecule has 11 heavy (non-hydrogen) atoms. The number of nitrogens with zero attached hydrogens (tertiary/aromatic N) is 1. The van der Waals surface area contributed by atoms with Crippen molar-refractivity contribution >= 4 is 12.6 Å². The van der Waals surface area contributed by atoms with Crippen molar-refractivity contribution in [1.82, 2.24) is 4.98 Å². The number of pyridine rings is 1. The Kier molecular flexibility index (Phi) is 1.99. The molecule has 1 rings (SSSR count). The van der Waals surface area contributed by atoms with E-state index >= 15 is 0 Å². The summed E-state index contributed by atoms with van der Waals surface area (Å²) in [6.07, 6.45) is -3.60. The maximum atomic E-state index is 11.8. The number of alkyl halides is 3. The highest BCUT2D eigenvalue weighted by atomic mass is 32.1. The molecule has 0 amide bonds. The molecule has 0 atom stereocenters. The topological polar surface area (TPSA) is 12.9 Å². The third kappa shape index (κ3) is 2.04. The van der Waals surface area contributed by atoms with Crippen LogP contribution in [0, 0.1) is 0 Å². The number of aromatic nitrogens is 1. The molecular weight excluding hydrogens is 175 g/mol. The van der Waals surface area contributed by atoms with Gasteiger partial charge in [0.15, 0.2) is 0 Å². The largest absolute Gasteiger partial charge is 0.417 e. The fourth-order valence-corrected chi connectivity index (χ4v) is 0.669. The highest BCUT2D eigenvalue weighted by Gasteiger charge is 2.30. The van der Waals surface area contributed by atoms with E-state index < -0.39 is 11.7 Å². The van der Waals surface area contributed by atoms with Crippen LogP contribution in [-0.2, 0) is 6.18 Å². The quantitative estimate of drug-likeness (QED) is 0.595. The van der Waals surface area contributed by atoms with Crippen molar-refractivity contribution in [2.45, 2.75) is 11.2 Å². The monoisotopic (exact) mass is 178 g/mol. The molecular formula is C6H3F3NS. The van der Waals surface area contributed by atoms with Gasteiger partial charge in [0.25, 0.3) is 0 Å². The first kappa shape index (κ1) is 8.26. The Hall–Kier alpha value is -0.840. The normalized spacial score (nSPS) is 11.5. The van der Waals surface area contributed by atoms with Gasteiger partial charge in [-0.3, -0.25) is 0 Å². The molecule has 0 bridgehead atoms. The minimum atomic E-state index is -4.32. The second-order valence-corrected chi connectivity index (χ2v) is 2.30. The zero-order valence-corrected chi connectivity index (χ0v) is 6.04. The molecule has 0 saturated carbocycles. The number of hydrogen-bond acceptors (Lipinski definition) is 1. The highest BCUT2D eigenvalue weighted by Crippen LogP contribution is 2.28. The third-order valence-corrected chi connectivity index (χ3v) is 1.31. The molecule has 0 spiro atoms. The third-order valence-electron chi connectivity index (χ3n) is 1.06. The summed E-state index contributed by atoms with van der Waals surface area (Å²) in [6.45, 7) is 0. The summed E-state index contributed by atoms with van der Waals surface area (Å²) >= 11 is 4.52. The number of rotatable bonds is 0.